The third-order valence-electron chi connectivity index (χ3n) is 3.33. The van der Waals surface area contributed by atoms with Gasteiger partial charge in [0.05, 0.1) is 18.9 Å². The van der Waals surface area contributed by atoms with Crippen molar-refractivity contribution in [3.63, 3.8) is 0 Å². The lowest BCUT2D eigenvalue weighted by Gasteiger charge is -2.29. The first-order valence-corrected chi connectivity index (χ1v) is 7.32. The van der Waals surface area contributed by atoms with Crippen LogP contribution in [-0.2, 0) is 4.74 Å². The van der Waals surface area contributed by atoms with E-state index in [1.165, 1.54) is 12.3 Å². The van der Waals surface area contributed by atoms with Crippen LogP contribution in [-0.4, -0.2) is 42.2 Å². The molecular formula is C15H15ClN4O2. The fourth-order valence-electron chi connectivity index (χ4n) is 2.26. The Morgan fingerprint density at radius 2 is 2.05 bits per heavy atom. The molecule has 7 heteroatoms. The van der Waals surface area contributed by atoms with Gasteiger partial charge in [-0.15, -0.1) is 0 Å². The summed E-state index contributed by atoms with van der Waals surface area (Å²) in [7, 11) is 0. The Kier molecular flexibility index (Phi) is 4.50. The van der Waals surface area contributed by atoms with Crippen LogP contribution in [0.25, 0.3) is 0 Å². The molecule has 1 fully saturated rings. The van der Waals surface area contributed by atoms with E-state index in [0.717, 1.165) is 18.9 Å². The van der Waals surface area contributed by atoms with Gasteiger partial charge >= 0.3 is 0 Å². The lowest BCUT2D eigenvalue weighted by molar-refractivity contribution is 0.102. The Morgan fingerprint density at radius 1 is 1.23 bits per heavy atom. The highest BCUT2D eigenvalue weighted by atomic mass is 35.5. The van der Waals surface area contributed by atoms with Crippen molar-refractivity contribution >= 4 is 29.0 Å². The van der Waals surface area contributed by atoms with E-state index in [4.69, 9.17) is 16.3 Å². The summed E-state index contributed by atoms with van der Waals surface area (Å²) in [6, 6.07) is 6.77. The average molecular weight is 319 g/mol. The molecule has 1 N–H and O–H groups in total. The molecule has 3 heterocycles. The summed E-state index contributed by atoms with van der Waals surface area (Å²) in [6.07, 6.45) is 3.22. The molecule has 0 atom stereocenters. The van der Waals surface area contributed by atoms with Gasteiger partial charge in [0.2, 0.25) is 0 Å². The lowest BCUT2D eigenvalue weighted by atomic mass is 10.2. The largest absolute Gasteiger partial charge is 0.378 e. The zero-order valence-electron chi connectivity index (χ0n) is 11.8. The predicted octanol–water partition coefficient (Wildman–Crippen LogP) is 2.22. The summed E-state index contributed by atoms with van der Waals surface area (Å²) in [5.74, 6) is 0.506. The van der Waals surface area contributed by atoms with E-state index in [1.807, 2.05) is 6.07 Å². The average Bonchev–Trinajstić information content (AvgIpc) is 2.56. The number of morpholine rings is 1. The van der Waals surface area contributed by atoms with Gasteiger partial charge in [-0.3, -0.25) is 4.79 Å². The number of rotatable bonds is 3. The number of ether oxygens (including phenoxy) is 1. The van der Waals surface area contributed by atoms with Crippen LogP contribution in [0.4, 0.5) is 11.5 Å². The Hall–Kier alpha value is -2.18. The van der Waals surface area contributed by atoms with Crippen molar-refractivity contribution in [2.24, 2.45) is 0 Å². The Morgan fingerprint density at radius 3 is 2.82 bits per heavy atom. The minimum atomic E-state index is -0.244. The number of aromatic nitrogens is 2. The van der Waals surface area contributed by atoms with Crippen molar-refractivity contribution in [2.45, 2.75) is 0 Å². The van der Waals surface area contributed by atoms with Crippen LogP contribution in [0, 0.1) is 0 Å². The molecule has 0 unspecified atom stereocenters. The van der Waals surface area contributed by atoms with Crippen molar-refractivity contribution in [3.8, 4) is 0 Å². The van der Waals surface area contributed by atoms with Gasteiger partial charge in [-0.05, 0) is 24.3 Å². The number of carbonyl (C=O) groups is 1. The smallest absolute Gasteiger partial charge is 0.255 e. The molecule has 114 valence electrons. The molecule has 2 aromatic rings. The second-order valence-corrected chi connectivity index (χ2v) is 5.18. The molecule has 0 radical (unpaired) electrons. The van der Waals surface area contributed by atoms with Gasteiger partial charge in [-0.25, -0.2) is 9.97 Å². The van der Waals surface area contributed by atoms with E-state index in [2.05, 4.69) is 20.2 Å². The quantitative estimate of drug-likeness (QED) is 0.879. The first kappa shape index (κ1) is 14.7. The highest BCUT2D eigenvalue weighted by molar-refractivity contribution is 6.29. The van der Waals surface area contributed by atoms with Crippen molar-refractivity contribution in [2.75, 3.05) is 36.5 Å². The molecule has 1 amide bonds. The van der Waals surface area contributed by atoms with E-state index >= 15 is 0 Å². The molecule has 1 saturated heterocycles. The summed E-state index contributed by atoms with van der Waals surface area (Å²) >= 11 is 5.82. The molecule has 6 nitrogen and oxygen atoms in total. The van der Waals surface area contributed by atoms with Crippen molar-refractivity contribution in [1.82, 2.24) is 9.97 Å². The summed E-state index contributed by atoms with van der Waals surface area (Å²) in [6.45, 7) is 2.82. The van der Waals surface area contributed by atoms with Crippen LogP contribution >= 0.6 is 11.6 Å². The third kappa shape index (κ3) is 3.35. The normalized spacial score (nSPS) is 14.7. The van der Waals surface area contributed by atoms with Crippen LogP contribution in [0.2, 0.25) is 5.15 Å². The van der Waals surface area contributed by atoms with Gasteiger partial charge in [0, 0.05) is 31.0 Å². The van der Waals surface area contributed by atoms with Crippen LogP contribution in [0.3, 0.4) is 0 Å². The van der Waals surface area contributed by atoms with E-state index in [9.17, 15) is 4.79 Å². The number of amides is 1. The van der Waals surface area contributed by atoms with Gasteiger partial charge in [0.15, 0.2) is 5.82 Å². The Bertz CT molecular complexity index is 674. The monoisotopic (exact) mass is 318 g/mol. The second-order valence-electron chi connectivity index (χ2n) is 4.80. The summed E-state index contributed by atoms with van der Waals surface area (Å²) in [5.41, 5.74) is 1.12. The number of nitrogens with zero attached hydrogens (tertiary/aromatic N) is 3. The van der Waals surface area contributed by atoms with Crippen LogP contribution < -0.4 is 10.2 Å². The van der Waals surface area contributed by atoms with Crippen LogP contribution in [0.1, 0.15) is 10.4 Å². The van der Waals surface area contributed by atoms with E-state index < -0.39 is 0 Å². The molecule has 0 saturated carbocycles. The van der Waals surface area contributed by atoms with Crippen molar-refractivity contribution < 1.29 is 9.53 Å². The van der Waals surface area contributed by atoms with Crippen molar-refractivity contribution in [3.05, 3.63) is 47.4 Å². The number of nitrogens with one attached hydrogen (secondary N) is 1. The SMILES string of the molecule is O=C(Nc1cccnc1N1CCOCC1)c1ccnc(Cl)c1. The number of pyridine rings is 2. The summed E-state index contributed by atoms with van der Waals surface area (Å²) < 4.78 is 5.35. The van der Waals surface area contributed by atoms with Crippen LogP contribution in [0.5, 0.6) is 0 Å². The maximum Gasteiger partial charge on any atom is 0.255 e. The molecule has 1 aliphatic rings. The number of hydrogen-bond acceptors (Lipinski definition) is 5. The Labute approximate surface area is 133 Å². The number of halogens is 1. The zero-order chi connectivity index (χ0) is 15.4. The topological polar surface area (TPSA) is 67.4 Å². The maximum atomic E-state index is 12.3. The van der Waals surface area contributed by atoms with Gasteiger partial charge in [-0.1, -0.05) is 11.6 Å². The molecule has 0 aromatic carbocycles. The highest BCUT2D eigenvalue weighted by Gasteiger charge is 2.17. The second kappa shape index (κ2) is 6.72. The van der Waals surface area contributed by atoms with Gasteiger partial charge in [0.1, 0.15) is 5.15 Å². The summed E-state index contributed by atoms with van der Waals surface area (Å²) in [5, 5.41) is 3.17. The first-order valence-electron chi connectivity index (χ1n) is 6.94. The fraction of sp³-hybridized carbons (Fsp3) is 0.267. The molecule has 1 aliphatic heterocycles. The molecule has 3 rings (SSSR count). The third-order valence-corrected chi connectivity index (χ3v) is 3.54. The van der Waals surface area contributed by atoms with Gasteiger partial charge < -0.3 is 15.0 Å². The molecule has 22 heavy (non-hydrogen) atoms. The molecular weight excluding hydrogens is 304 g/mol. The number of hydrogen-bond donors (Lipinski definition) is 1. The van der Waals surface area contributed by atoms with E-state index in [-0.39, 0.29) is 11.1 Å². The number of carbonyl (C=O) groups excluding carboxylic acids is 1. The molecule has 0 spiro atoms. The van der Waals surface area contributed by atoms with Crippen molar-refractivity contribution in [1.29, 1.82) is 0 Å². The minimum Gasteiger partial charge on any atom is -0.378 e. The maximum absolute atomic E-state index is 12.3. The standard InChI is InChI=1S/C15H15ClN4O2/c16-13-10-11(3-5-17-13)15(21)19-12-2-1-4-18-14(12)20-6-8-22-9-7-20/h1-5,10H,6-9H2,(H,19,21). The fourth-order valence-corrected chi connectivity index (χ4v) is 2.43. The lowest BCUT2D eigenvalue weighted by Crippen LogP contribution is -2.37. The number of anilines is 2. The first-order chi connectivity index (χ1) is 10.7. The van der Waals surface area contributed by atoms with E-state index in [0.29, 0.717) is 24.5 Å². The van der Waals surface area contributed by atoms with Gasteiger partial charge in [0.25, 0.3) is 5.91 Å². The van der Waals surface area contributed by atoms with Gasteiger partial charge in [-0.2, -0.15) is 0 Å². The predicted molar refractivity (Wildman–Crippen MR) is 84.5 cm³/mol. The zero-order valence-corrected chi connectivity index (χ0v) is 12.6. The van der Waals surface area contributed by atoms with Crippen LogP contribution in [0.15, 0.2) is 36.7 Å². The molecule has 0 aliphatic carbocycles. The molecule has 2 aromatic heterocycles. The molecule has 0 bridgehead atoms. The Balaban J connectivity index is 1.81. The summed E-state index contributed by atoms with van der Waals surface area (Å²) in [4.78, 5) is 22.7. The minimum absolute atomic E-state index is 0.244. The van der Waals surface area contributed by atoms with E-state index in [1.54, 1.807) is 18.3 Å². The highest BCUT2D eigenvalue weighted by Crippen LogP contribution is 2.24.